The van der Waals surface area contributed by atoms with Gasteiger partial charge in [0.2, 0.25) is 0 Å². The standard InChI is InChI=1S/C22H21/c1-14-5-9-18(10-6-14)22(19-11-7-15(2)8-12-19)20-13-16(3)21(22)17(20)4/h5-12,16H,1-4H3. The molecule has 2 aromatic rings. The molecule has 1 unspecified atom stereocenters. The van der Waals surface area contributed by atoms with Crippen LogP contribution in [-0.2, 0) is 5.41 Å². The van der Waals surface area contributed by atoms with Gasteiger partial charge in [-0.3, -0.25) is 0 Å². The van der Waals surface area contributed by atoms with E-state index in [0.29, 0.717) is 5.92 Å². The van der Waals surface area contributed by atoms with E-state index >= 15 is 0 Å². The van der Waals surface area contributed by atoms with Crippen LogP contribution in [0.4, 0.5) is 0 Å². The number of hydrogen-bond donors (Lipinski definition) is 0. The largest absolute Gasteiger partial charge is 0.0678 e. The van der Waals surface area contributed by atoms with E-state index in [1.165, 1.54) is 39.0 Å². The van der Waals surface area contributed by atoms with Gasteiger partial charge in [0.25, 0.3) is 0 Å². The predicted octanol–water partition coefficient (Wildman–Crippen LogP) is 5.30. The average Bonchev–Trinajstić information content (AvgIpc) is 2.99. The lowest BCUT2D eigenvalue weighted by Gasteiger charge is -2.45. The molecule has 0 heterocycles. The van der Waals surface area contributed by atoms with Crippen LogP contribution < -0.4 is 0 Å². The SMILES string of the molecule is CC1=C2C(C)[C]=C1C2(c1ccc(C)cc1)c1ccc(C)cc1. The highest BCUT2D eigenvalue weighted by Crippen LogP contribution is 2.63. The zero-order valence-electron chi connectivity index (χ0n) is 13.7. The fourth-order valence-corrected chi connectivity index (χ4v) is 4.30. The van der Waals surface area contributed by atoms with Crippen molar-refractivity contribution in [1.29, 1.82) is 0 Å². The number of hydrogen-bond acceptors (Lipinski definition) is 0. The minimum absolute atomic E-state index is 0.0507. The molecule has 22 heavy (non-hydrogen) atoms. The van der Waals surface area contributed by atoms with Gasteiger partial charge in [-0.05, 0) is 54.7 Å². The first-order chi connectivity index (χ1) is 10.5. The van der Waals surface area contributed by atoms with Crippen molar-refractivity contribution < 1.29 is 0 Å². The molecule has 0 amide bonds. The summed E-state index contributed by atoms with van der Waals surface area (Å²) in [4.78, 5) is 0. The number of fused-ring (bicyclic) bond motifs is 1. The van der Waals surface area contributed by atoms with E-state index in [2.05, 4.69) is 82.3 Å². The summed E-state index contributed by atoms with van der Waals surface area (Å²) in [5.41, 5.74) is 9.72. The van der Waals surface area contributed by atoms with Crippen molar-refractivity contribution in [1.82, 2.24) is 0 Å². The smallest absolute Gasteiger partial charge is 0.0590 e. The van der Waals surface area contributed by atoms with E-state index in [1.807, 2.05) is 0 Å². The van der Waals surface area contributed by atoms with Crippen molar-refractivity contribution in [3.8, 4) is 0 Å². The molecule has 2 bridgehead atoms. The van der Waals surface area contributed by atoms with Crippen molar-refractivity contribution in [2.75, 3.05) is 0 Å². The number of allylic oxidation sites excluding steroid dienone is 4. The first-order valence-electron chi connectivity index (χ1n) is 8.05. The molecule has 3 aliphatic carbocycles. The molecule has 3 aliphatic rings. The highest BCUT2D eigenvalue weighted by Gasteiger charge is 2.55. The maximum Gasteiger partial charge on any atom is 0.0678 e. The highest BCUT2D eigenvalue weighted by molar-refractivity contribution is 5.75. The summed E-state index contributed by atoms with van der Waals surface area (Å²) >= 11 is 0. The van der Waals surface area contributed by atoms with Crippen LogP contribution in [0.25, 0.3) is 0 Å². The summed E-state index contributed by atoms with van der Waals surface area (Å²) in [6.07, 6.45) is 3.70. The Labute approximate surface area is 133 Å². The molecule has 0 saturated heterocycles. The van der Waals surface area contributed by atoms with Gasteiger partial charge in [-0.25, -0.2) is 0 Å². The minimum Gasteiger partial charge on any atom is -0.0590 e. The molecule has 0 fully saturated rings. The molecule has 0 aliphatic heterocycles. The third-order valence-corrected chi connectivity index (χ3v) is 5.32. The van der Waals surface area contributed by atoms with Crippen LogP contribution in [0, 0.1) is 25.8 Å². The molecule has 5 rings (SSSR count). The molecular formula is C22H21. The van der Waals surface area contributed by atoms with Crippen molar-refractivity contribution in [2.24, 2.45) is 5.92 Å². The Morgan fingerprint density at radius 1 is 0.773 bits per heavy atom. The van der Waals surface area contributed by atoms with Gasteiger partial charge in [-0.1, -0.05) is 66.6 Å². The molecule has 109 valence electrons. The number of aryl methyl sites for hydroxylation is 2. The zero-order valence-corrected chi connectivity index (χ0v) is 13.7. The molecular weight excluding hydrogens is 264 g/mol. The van der Waals surface area contributed by atoms with Crippen molar-refractivity contribution in [2.45, 2.75) is 33.1 Å². The van der Waals surface area contributed by atoms with Gasteiger partial charge in [0.05, 0.1) is 5.41 Å². The van der Waals surface area contributed by atoms with Crippen LogP contribution in [0.3, 0.4) is 0 Å². The second-order valence-electron chi connectivity index (χ2n) is 6.76. The van der Waals surface area contributed by atoms with E-state index in [9.17, 15) is 0 Å². The van der Waals surface area contributed by atoms with Gasteiger partial charge in [0.15, 0.2) is 0 Å². The predicted molar refractivity (Wildman–Crippen MR) is 91.8 cm³/mol. The maximum absolute atomic E-state index is 3.70. The molecule has 0 saturated carbocycles. The third-order valence-electron chi connectivity index (χ3n) is 5.32. The van der Waals surface area contributed by atoms with Gasteiger partial charge < -0.3 is 0 Å². The molecule has 1 radical (unpaired) electrons. The van der Waals surface area contributed by atoms with Gasteiger partial charge in [0, 0.05) is 5.92 Å². The molecule has 0 spiro atoms. The van der Waals surface area contributed by atoms with Gasteiger partial charge in [0.1, 0.15) is 0 Å². The Bertz CT molecular complexity index is 753. The van der Waals surface area contributed by atoms with Crippen LogP contribution in [0.5, 0.6) is 0 Å². The Morgan fingerprint density at radius 3 is 1.55 bits per heavy atom. The van der Waals surface area contributed by atoms with Crippen LogP contribution in [0.1, 0.15) is 36.1 Å². The highest BCUT2D eigenvalue weighted by atomic mass is 14.6. The normalized spacial score (nSPS) is 21.6. The van der Waals surface area contributed by atoms with E-state index in [0.717, 1.165) is 0 Å². The van der Waals surface area contributed by atoms with E-state index < -0.39 is 0 Å². The topological polar surface area (TPSA) is 0 Å². The first kappa shape index (κ1) is 13.6. The van der Waals surface area contributed by atoms with Crippen molar-refractivity contribution >= 4 is 0 Å². The summed E-state index contributed by atoms with van der Waals surface area (Å²) in [6, 6.07) is 18.1. The second-order valence-corrected chi connectivity index (χ2v) is 6.76. The second kappa shape index (κ2) is 4.46. The lowest BCUT2D eigenvalue weighted by atomic mass is 9.56. The van der Waals surface area contributed by atoms with Gasteiger partial charge >= 0.3 is 0 Å². The molecule has 0 heteroatoms. The van der Waals surface area contributed by atoms with E-state index in [4.69, 9.17) is 0 Å². The Hall–Kier alpha value is -2.08. The van der Waals surface area contributed by atoms with Gasteiger partial charge in [-0.2, -0.15) is 0 Å². The third kappa shape index (κ3) is 1.53. The lowest BCUT2D eigenvalue weighted by Crippen LogP contribution is -2.39. The van der Waals surface area contributed by atoms with Crippen LogP contribution in [-0.4, -0.2) is 0 Å². The molecule has 0 aromatic heterocycles. The molecule has 0 N–H and O–H groups in total. The Kier molecular flexibility index (Phi) is 2.75. The van der Waals surface area contributed by atoms with E-state index in [-0.39, 0.29) is 5.41 Å². The van der Waals surface area contributed by atoms with Gasteiger partial charge in [-0.15, -0.1) is 0 Å². The van der Waals surface area contributed by atoms with E-state index in [1.54, 1.807) is 0 Å². The fraction of sp³-hybridized carbons (Fsp3) is 0.273. The summed E-state index contributed by atoms with van der Waals surface area (Å²) in [6.45, 7) is 8.82. The lowest BCUT2D eigenvalue weighted by molar-refractivity contribution is 0.625. The van der Waals surface area contributed by atoms with Crippen LogP contribution >= 0.6 is 0 Å². The summed E-state index contributed by atoms with van der Waals surface area (Å²) in [7, 11) is 0. The van der Waals surface area contributed by atoms with Crippen molar-refractivity contribution in [3.05, 3.63) is 93.6 Å². The number of benzene rings is 2. The average molecular weight is 285 g/mol. The molecule has 1 atom stereocenters. The fourth-order valence-electron chi connectivity index (χ4n) is 4.30. The first-order valence-corrected chi connectivity index (χ1v) is 8.05. The Morgan fingerprint density at radius 2 is 1.23 bits per heavy atom. The monoisotopic (exact) mass is 285 g/mol. The quantitative estimate of drug-likeness (QED) is 0.702. The molecule has 2 aromatic carbocycles. The summed E-state index contributed by atoms with van der Waals surface area (Å²) in [5.74, 6) is 0.428. The maximum atomic E-state index is 3.70. The van der Waals surface area contributed by atoms with Crippen LogP contribution in [0.2, 0.25) is 0 Å². The summed E-state index contributed by atoms with van der Waals surface area (Å²) < 4.78 is 0. The summed E-state index contributed by atoms with van der Waals surface area (Å²) in [5, 5.41) is 0. The van der Waals surface area contributed by atoms with Crippen molar-refractivity contribution in [3.63, 3.8) is 0 Å². The van der Waals surface area contributed by atoms with Crippen LogP contribution in [0.15, 0.2) is 65.3 Å². The minimum atomic E-state index is -0.0507. The Balaban J connectivity index is 1.98. The zero-order chi connectivity index (χ0) is 15.5. The molecule has 0 nitrogen and oxygen atoms in total. The number of rotatable bonds is 2.